The molecular weight excluding hydrogens is 372 g/mol. The fourth-order valence-electron chi connectivity index (χ4n) is 2.26. The van der Waals surface area contributed by atoms with Crippen molar-refractivity contribution >= 4 is 27.4 Å². The highest BCUT2D eigenvalue weighted by Gasteiger charge is 2.23. The Morgan fingerprint density at radius 2 is 2.00 bits per heavy atom. The maximum absolute atomic E-state index is 12.8. The number of halogens is 3. The number of alkyl halides is 2. The predicted octanol–water partition coefficient (Wildman–Crippen LogP) is 3.63. The Balaban J connectivity index is 2.15. The summed E-state index contributed by atoms with van der Waals surface area (Å²) in [6, 6.07) is 9.24. The van der Waals surface area contributed by atoms with Gasteiger partial charge in [-0.3, -0.25) is 4.79 Å². The van der Waals surface area contributed by atoms with Crippen molar-refractivity contribution in [2.24, 2.45) is 0 Å². The van der Waals surface area contributed by atoms with E-state index in [2.05, 4.69) is 30.7 Å². The minimum absolute atomic E-state index is 0.0273. The van der Waals surface area contributed by atoms with Gasteiger partial charge in [0.05, 0.1) is 11.3 Å². The van der Waals surface area contributed by atoms with E-state index >= 15 is 0 Å². The van der Waals surface area contributed by atoms with E-state index in [1.54, 1.807) is 25.1 Å². The fraction of sp³-hybridized carbons (Fsp3) is 0.133. The van der Waals surface area contributed by atoms with Gasteiger partial charge in [0.15, 0.2) is 5.65 Å². The first-order valence-corrected chi connectivity index (χ1v) is 7.37. The highest BCUT2D eigenvalue weighted by atomic mass is 79.9. The summed E-state index contributed by atoms with van der Waals surface area (Å²) in [5, 5.41) is 4.19. The van der Waals surface area contributed by atoms with Crippen molar-refractivity contribution < 1.29 is 18.3 Å². The van der Waals surface area contributed by atoms with E-state index in [0.29, 0.717) is 15.9 Å². The van der Waals surface area contributed by atoms with Crippen LogP contribution in [0.3, 0.4) is 0 Å². The fourth-order valence-corrected chi connectivity index (χ4v) is 2.55. The minimum atomic E-state index is -3.01. The number of ketones is 1. The van der Waals surface area contributed by atoms with Gasteiger partial charge in [0.2, 0.25) is 5.78 Å². The molecule has 8 heteroatoms. The second-order valence-corrected chi connectivity index (χ2v) is 5.49. The predicted molar refractivity (Wildman–Crippen MR) is 81.9 cm³/mol. The molecule has 0 aliphatic carbocycles. The standard InChI is InChI=1S/C15H10BrF2N3O2/c1-8-13(21-12(19-8)7-6-11(16)20-21)14(22)9-4-2-3-5-10(9)23-15(17)18/h2-7,15H,1H3. The van der Waals surface area contributed by atoms with Crippen molar-refractivity contribution in [3.8, 4) is 5.75 Å². The zero-order valence-corrected chi connectivity index (χ0v) is 13.4. The van der Waals surface area contributed by atoms with Gasteiger partial charge in [0, 0.05) is 0 Å². The first-order valence-electron chi connectivity index (χ1n) is 6.58. The summed E-state index contributed by atoms with van der Waals surface area (Å²) in [4.78, 5) is 17.1. The number of aryl methyl sites for hydroxylation is 1. The van der Waals surface area contributed by atoms with E-state index in [4.69, 9.17) is 0 Å². The molecule has 2 aromatic heterocycles. The molecule has 0 saturated carbocycles. The quantitative estimate of drug-likeness (QED) is 0.647. The molecule has 0 N–H and O–H groups in total. The van der Waals surface area contributed by atoms with Gasteiger partial charge in [-0.15, -0.1) is 0 Å². The molecule has 0 amide bonds. The van der Waals surface area contributed by atoms with Crippen LogP contribution in [0.2, 0.25) is 0 Å². The molecule has 0 spiro atoms. The molecule has 23 heavy (non-hydrogen) atoms. The number of carbonyl (C=O) groups is 1. The Morgan fingerprint density at radius 1 is 1.26 bits per heavy atom. The van der Waals surface area contributed by atoms with Crippen LogP contribution in [0.25, 0.3) is 5.65 Å². The topological polar surface area (TPSA) is 56.5 Å². The summed E-state index contributed by atoms with van der Waals surface area (Å²) in [5.41, 5.74) is 1.17. The number of hydrogen-bond donors (Lipinski definition) is 0. The molecule has 1 aromatic carbocycles. The van der Waals surface area contributed by atoms with Crippen molar-refractivity contribution in [1.82, 2.24) is 14.6 Å². The largest absolute Gasteiger partial charge is 0.434 e. The van der Waals surface area contributed by atoms with Gasteiger partial charge in [0.25, 0.3) is 0 Å². The van der Waals surface area contributed by atoms with E-state index in [0.717, 1.165) is 0 Å². The maximum atomic E-state index is 12.8. The van der Waals surface area contributed by atoms with Crippen molar-refractivity contribution in [3.05, 3.63) is 58.0 Å². The maximum Gasteiger partial charge on any atom is 0.387 e. The van der Waals surface area contributed by atoms with Crippen LogP contribution in [0.5, 0.6) is 5.75 Å². The van der Waals surface area contributed by atoms with E-state index in [-0.39, 0.29) is 17.0 Å². The van der Waals surface area contributed by atoms with Gasteiger partial charge in [-0.05, 0) is 47.1 Å². The number of carbonyl (C=O) groups excluding carboxylic acids is 1. The zero-order valence-electron chi connectivity index (χ0n) is 11.8. The summed E-state index contributed by atoms with van der Waals surface area (Å²) in [5.74, 6) is -0.673. The molecule has 0 saturated heterocycles. The van der Waals surface area contributed by atoms with Gasteiger partial charge < -0.3 is 4.74 Å². The van der Waals surface area contributed by atoms with E-state index in [1.807, 2.05) is 0 Å². The number of imidazole rings is 1. The van der Waals surface area contributed by atoms with Gasteiger partial charge in [-0.25, -0.2) is 9.50 Å². The Labute approximate surface area is 138 Å². The SMILES string of the molecule is Cc1nc2ccc(Br)nn2c1C(=O)c1ccccc1OC(F)F. The normalized spacial score (nSPS) is 11.2. The zero-order chi connectivity index (χ0) is 16.6. The third kappa shape index (κ3) is 2.94. The molecule has 2 heterocycles. The Hall–Kier alpha value is -2.35. The molecule has 0 aliphatic heterocycles. The van der Waals surface area contributed by atoms with Crippen LogP contribution in [0.4, 0.5) is 8.78 Å². The number of nitrogens with zero attached hydrogens (tertiary/aromatic N) is 3. The van der Waals surface area contributed by atoms with Crippen LogP contribution in [-0.2, 0) is 0 Å². The lowest BCUT2D eigenvalue weighted by Gasteiger charge is -2.09. The van der Waals surface area contributed by atoms with Crippen LogP contribution in [0.15, 0.2) is 41.0 Å². The number of ether oxygens (including phenoxy) is 1. The molecule has 0 atom stereocenters. The van der Waals surface area contributed by atoms with Gasteiger partial charge in [-0.2, -0.15) is 13.9 Å². The first kappa shape index (κ1) is 15.5. The average molecular weight is 382 g/mol. The third-order valence-corrected chi connectivity index (χ3v) is 3.60. The van der Waals surface area contributed by atoms with Gasteiger partial charge in [0.1, 0.15) is 16.0 Å². The second kappa shape index (κ2) is 6.04. The monoisotopic (exact) mass is 381 g/mol. The van der Waals surface area contributed by atoms with Crippen LogP contribution >= 0.6 is 15.9 Å². The van der Waals surface area contributed by atoms with Crippen molar-refractivity contribution in [2.75, 3.05) is 0 Å². The summed E-state index contributed by atoms with van der Waals surface area (Å²) in [6.45, 7) is -1.36. The molecule has 5 nitrogen and oxygen atoms in total. The van der Waals surface area contributed by atoms with E-state index < -0.39 is 12.4 Å². The van der Waals surface area contributed by atoms with Crippen molar-refractivity contribution in [3.63, 3.8) is 0 Å². The number of rotatable bonds is 4. The van der Waals surface area contributed by atoms with E-state index in [9.17, 15) is 13.6 Å². The molecule has 0 aliphatic rings. The summed E-state index contributed by atoms with van der Waals surface area (Å²) < 4.78 is 31.4. The second-order valence-electron chi connectivity index (χ2n) is 4.68. The van der Waals surface area contributed by atoms with Crippen LogP contribution < -0.4 is 4.74 Å². The Morgan fingerprint density at radius 3 is 2.74 bits per heavy atom. The van der Waals surface area contributed by atoms with Crippen molar-refractivity contribution in [1.29, 1.82) is 0 Å². The van der Waals surface area contributed by atoms with Crippen LogP contribution in [0, 0.1) is 6.92 Å². The van der Waals surface area contributed by atoms with Crippen LogP contribution in [-0.4, -0.2) is 27.0 Å². The molecular formula is C15H10BrF2N3O2. The highest BCUT2D eigenvalue weighted by Crippen LogP contribution is 2.25. The smallest absolute Gasteiger partial charge is 0.387 e. The molecule has 0 bridgehead atoms. The van der Waals surface area contributed by atoms with Gasteiger partial charge in [-0.1, -0.05) is 12.1 Å². The summed E-state index contributed by atoms with van der Waals surface area (Å²) >= 11 is 3.23. The Bertz CT molecular complexity index is 896. The molecule has 0 radical (unpaired) electrons. The lowest BCUT2D eigenvalue weighted by atomic mass is 10.1. The highest BCUT2D eigenvalue weighted by molar-refractivity contribution is 9.10. The van der Waals surface area contributed by atoms with Crippen LogP contribution in [0.1, 0.15) is 21.7 Å². The molecule has 3 rings (SSSR count). The molecule has 3 aromatic rings. The molecule has 0 fully saturated rings. The lowest BCUT2D eigenvalue weighted by Crippen LogP contribution is -2.12. The minimum Gasteiger partial charge on any atom is -0.434 e. The number of hydrogen-bond acceptors (Lipinski definition) is 4. The lowest BCUT2D eigenvalue weighted by molar-refractivity contribution is -0.0501. The third-order valence-electron chi connectivity index (χ3n) is 3.18. The van der Waals surface area contributed by atoms with Gasteiger partial charge >= 0.3 is 6.61 Å². The first-order chi connectivity index (χ1) is 11.0. The number of fused-ring (bicyclic) bond motifs is 1. The molecule has 0 unspecified atom stereocenters. The number of benzene rings is 1. The summed E-state index contributed by atoms with van der Waals surface area (Å²) in [6.07, 6.45) is 0. The number of para-hydroxylation sites is 1. The Kier molecular flexibility index (Phi) is 4.08. The summed E-state index contributed by atoms with van der Waals surface area (Å²) in [7, 11) is 0. The van der Waals surface area contributed by atoms with E-state index in [1.165, 1.54) is 22.7 Å². The molecule has 118 valence electrons. The number of aromatic nitrogens is 3. The van der Waals surface area contributed by atoms with Crippen molar-refractivity contribution in [2.45, 2.75) is 13.5 Å². The average Bonchev–Trinajstić information content (AvgIpc) is 2.81.